The predicted molar refractivity (Wildman–Crippen MR) is 40.4 cm³/mol. The molecule has 0 aromatic rings. The molecule has 1 aliphatic heterocycles. The van der Waals surface area contributed by atoms with Gasteiger partial charge in [0.05, 0.1) is 17.7 Å². The third-order valence-corrected chi connectivity index (χ3v) is 1.60. The van der Waals surface area contributed by atoms with Gasteiger partial charge in [-0.3, -0.25) is 10.8 Å². The Kier molecular flexibility index (Phi) is 1.61. The minimum Gasteiger partial charge on any atom is -0.388 e. The number of nitrogens with two attached hydrogens (primary N) is 1. The van der Waals surface area contributed by atoms with Crippen molar-refractivity contribution >= 4 is 11.7 Å². The van der Waals surface area contributed by atoms with E-state index in [2.05, 4.69) is 0 Å². The molecule has 0 aromatic carbocycles. The molecule has 4 N–H and O–H groups in total. The smallest absolute Gasteiger partial charge is 0.0929 e. The molecule has 1 fully saturated rings. The summed E-state index contributed by atoms with van der Waals surface area (Å²) >= 11 is 0. The van der Waals surface area contributed by atoms with Crippen molar-refractivity contribution in [2.24, 2.45) is 5.73 Å². The second-order valence-corrected chi connectivity index (χ2v) is 2.62. The Morgan fingerprint density at radius 2 is 2.30 bits per heavy atom. The molecule has 1 saturated heterocycles. The summed E-state index contributed by atoms with van der Waals surface area (Å²) in [5.41, 5.74) is 5.18. The molecule has 1 rings (SSSR count). The van der Waals surface area contributed by atoms with Gasteiger partial charge in [-0.25, -0.2) is 0 Å². The molecule has 56 valence electrons. The third kappa shape index (κ3) is 1.46. The summed E-state index contributed by atoms with van der Waals surface area (Å²) in [5, 5.41) is 14.2. The van der Waals surface area contributed by atoms with E-state index in [-0.39, 0.29) is 5.84 Å². The molecule has 0 bridgehead atoms. The van der Waals surface area contributed by atoms with Crippen LogP contribution in [0.3, 0.4) is 0 Å². The molecule has 0 saturated carbocycles. The zero-order chi connectivity index (χ0) is 7.72. The Balaban J connectivity index is 2.26. The summed E-state index contributed by atoms with van der Waals surface area (Å²) in [6, 6.07) is 0.343. The van der Waals surface area contributed by atoms with Crippen molar-refractivity contribution in [1.29, 1.82) is 10.8 Å². The quantitative estimate of drug-likeness (QED) is 0.287. The van der Waals surface area contributed by atoms with Gasteiger partial charge >= 0.3 is 0 Å². The maximum Gasteiger partial charge on any atom is 0.0929 e. The molecule has 0 aliphatic carbocycles. The lowest BCUT2D eigenvalue weighted by Gasteiger charge is -1.99. The molecule has 1 heterocycles. The van der Waals surface area contributed by atoms with Crippen molar-refractivity contribution in [3.8, 4) is 0 Å². The van der Waals surface area contributed by atoms with E-state index >= 15 is 0 Å². The summed E-state index contributed by atoms with van der Waals surface area (Å²) in [7, 11) is 0. The van der Waals surface area contributed by atoms with Crippen molar-refractivity contribution in [3.05, 3.63) is 0 Å². The van der Waals surface area contributed by atoms with Gasteiger partial charge in [0.2, 0.25) is 0 Å². The van der Waals surface area contributed by atoms with Crippen LogP contribution in [0.25, 0.3) is 0 Å². The minimum atomic E-state index is 0.216. The van der Waals surface area contributed by atoms with E-state index in [4.69, 9.17) is 16.6 Å². The number of rotatable bonds is 2. The van der Waals surface area contributed by atoms with Gasteiger partial charge in [-0.1, -0.05) is 0 Å². The van der Waals surface area contributed by atoms with Crippen molar-refractivity contribution in [1.82, 2.24) is 4.90 Å². The lowest BCUT2D eigenvalue weighted by Crippen LogP contribution is -2.16. The van der Waals surface area contributed by atoms with Gasteiger partial charge in [0.25, 0.3) is 0 Å². The highest BCUT2D eigenvalue weighted by atomic mass is 15.3. The van der Waals surface area contributed by atoms with Crippen LogP contribution in [0, 0.1) is 10.8 Å². The largest absolute Gasteiger partial charge is 0.388 e. The normalized spacial score (nSPS) is 22.5. The fourth-order valence-corrected chi connectivity index (χ4v) is 1.02. The molecular formula is C6H12N4. The van der Waals surface area contributed by atoms with Gasteiger partial charge in [0.1, 0.15) is 0 Å². The molecule has 4 nitrogen and oxygen atoms in total. The van der Waals surface area contributed by atoms with Crippen molar-refractivity contribution in [2.75, 3.05) is 6.54 Å². The van der Waals surface area contributed by atoms with Crippen molar-refractivity contribution in [3.63, 3.8) is 0 Å². The maximum absolute atomic E-state index is 7.20. The van der Waals surface area contributed by atoms with Crippen LogP contribution in [0.4, 0.5) is 0 Å². The van der Waals surface area contributed by atoms with Gasteiger partial charge in [0.15, 0.2) is 0 Å². The first-order valence-electron chi connectivity index (χ1n) is 3.26. The Hall–Kier alpha value is -1.06. The Bertz CT molecular complexity index is 175. The van der Waals surface area contributed by atoms with Crippen LogP contribution in [0.2, 0.25) is 0 Å². The molecule has 0 aromatic heterocycles. The molecule has 0 radical (unpaired) electrons. The number of hydrogen-bond donors (Lipinski definition) is 3. The fraction of sp³-hybridized carbons (Fsp3) is 0.667. The van der Waals surface area contributed by atoms with Gasteiger partial charge in [-0.2, -0.15) is 0 Å². The highest BCUT2D eigenvalue weighted by Gasteiger charge is 2.34. The zero-order valence-electron chi connectivity index (χ0n) is 6.02. The second kappa shape index (κ2) is 2.28. The van der Waals surface area contributed by atoms with Crippen LogP contribution in [0.15, 0.2) is 0 Å². The topological polar surface area (TPSA) is 76.7 Å². The van der Waals surface area contributed by atoms with E-state index in [0.29, 0.717) is 18.3 Å². The van der Waals surface area contributed by atoms with E-state index in [1.54, 1.807) is 6.92 Å². The molecule has 1 unspecified atom stereocenters. The molecular weight excluding hydrogens is 128 g/mol. The van der Waals surface area contributed by atoms with Crippen molar-refractivity contribution in [2.45, 2.75) is 19.4 Å². The van der Waals surface area contributed by atoms with Gasteiger partial charge in [0, 0.05) is 13.0 Å². The fourth-order valence-electron chi connectivity index (χ4n) is 1.02. The number of amidine groups is 2. The van der Waals surface area contributed by atoms with E-state index in [1.165, 1.54) is 0 Å². The highest BCUT2D eigenvalue weighted by molar-refractivity contribution is 5.82. The molecule has 0 amide bonds. The standard InChI is InChI=1S/C6H12N4/c1-4(7)10-3-5(10)2-6(8)9/h5,7H,2-3H2,1H3,(H3,8,9). The Morgan fingerprint density at radius 3 is 2.60 bits per heavy atom. The molecule has 0 spiro atoms. The SMILES string of the molecule is CC(=N)N1CC1CC(=N)N. The molecule has 4 heteroatoms. The second-order valence-electron chi connectivity index (χ2n) is 2.62. The lowest BCUT2D eigenvalue weighted by molar-refractivity contribution is 0.727. The number of nitrogens with one attached hydrogen (secondary N) is 2. The van der Waals surface area contributed by atoms with Crippen LogP contribution in [0.5, 0.6) is 0 Å². The summed E-state index contributed by atoms with van der Waals surface area (Å²) in [5.74, 6) is 0.792. The highest BCUT2D eigenvalue weighted by Crippen LogP contribution is 2.19. The summed E-state index contributed by atoms with van der Waals surface area (Å²) in [6.45, 7) is 2.65. The van der Waals surface area contributed by atoms with Crippen LogP contribution >= 0.6 is 0 Å². The maximum atomic E-state index is 7.20. The minimum absolute atomic E-state index is 0.216. The average Bonchev–Trinajstić information content (AvgIpc) is 2.43. The van der Waals surface area contributed by atoms with Crippen molar-refractivity contribution < 1.29 is 0 Å². The monoisotopic (exact) mass is 140 g/mol. The van der Waals surface area contributed by atoms with E-state index in [0.717, 1.165) is 6.54 Å². The third-order valence-electron chi connectivity index (χ3n) is 1.60. The summed E-state index contributed by atoms with van der Waals surface area (Å²) < 4.78 is 0. The number of hydrogen-bond acceptors (Lipinski definition) is 2. The van der Waals surface area contributed by atoms with Gasteiger partial charge in [-0.15, -0.1) is 0 Å². The van der Waals surface area contributed by atoms with Crippen LogP contribution in [0.1, 0.15) is 13.3 Å². The van der Waals surface area contributed by atoms with Gasteiger partial charge < -0.3 is 10.6 Å². The molecule has 1 atom stereocenters. The molecule has 1 aliphatic rings. The Morgan fingerprint density at radius 1 is 1.70 bits per heavy atom. The lowest BCUT2D eigenvalue weighted by atomic mass is 10.3. The zero-order valence-corrected chi connectivity index (χ0v) is 6.02. The number of nitrogens with zero attached hydrogens (tertiary/aromatic N) is 1. The van der Waals surface area contributed by atoms with E-state index in [9.17, 15) is 0 Å². The first kappa shape index (κ1) is 7.05. The molecule has 10 heavy (non-hydrogen) atoms. The average molecular weight is 140 g/mol. The van der Waals surface area contributed by atoms with Gasteiger partial charge in [-0.05, 0) is 6.92 Å². The van der Waals surface area contributed by atoms with E-state index in [1.807, 2.05) is 4.90 Å². The Labute approximate surface area is 60.0 Å². The van der Waals surface area contributed by atoms with Crippen LogP contribution < -0.4 is 5.73 Å². The first-order valence-corrected chi connectivity index (χ1v) is 3.26. The van der Waals surface area contributed by atoms with E-state index < -0.39 is 0 Å². The predicted octanol–water partition coefficient (Wildman–Crippen LogP) is -0.00616. The first-order chi connectivity index (χ1) is 4.61. The van der Waals surface area contributed by atoms with Crippen LogP contribution in [-0.4, -0.2) is 29.2 Å². The summed E-state index contributed by atoms with van der Waals surface area (Å²) in [6.07, 6.45) is 0.607. The summed E-state index contributed by atoms with van der Waals surface area (Å²) in [4.78, 5) is 1.92. The van der Waals surface area contributed by atoms with Crippen LogP contribution in [-0.2, 0) is 0 Å².